The van der Waals surface area contributed by atoms with E-state index in [4.69, 9.17) is 0 Å². The number of nitrogens with zero attached hydrogens (tertiary/aromatic N) is 1. The second kappa shape index (κ2) is 3.11. The van der Waals surface area contributed by atoms with Gasteiger partial charge in [-0.3, -0.25) is 0 Å². The van der Waals surface area contributed by atoms with Crippen LogP contribution < -0.4 is 0 Å². The number of hydrogen-bond donors (Lipinski definition) is 1. The summed E-state index contributed by atoms with van der Waals surface area (Å²) >= 11 is 0. The predicted octanol–water partition coefficient (Wildman–Crippen LogP) is 2.42. The summed E-state index contributed by atoms with van der Waals surface area (Å²) < 4.78 is 0.101. The molecule has 0 fully saturated rings. The topological polar surface area (TPSA) is 20.2 Å². The molecule has 2 unspecified atom stereocenters. The van der Waals surface area contributed by atoms with Crippen molar-refractivity contribution in [1.82, 2.24) is 0 Å². The standard InChI is InChI=1S/C9H22NO/c1-7-8(2)10(6,11)9(3,4)5/h8,11H,7H2,1-6H3/q+1. The third-order valence-electron chi connectivity index (χ3n) is 2.81. The minimum atomic E-state index is -0.0879. The Labute approximate surface area is 70.4 Å². The van der Waals surface area contributed by atoms with Gasteiger partial charge in [0.05, 0.1) is 7.05 Å². The van der Waals surface area contributed by atoms with Gasteiger partial charge in [-0.05, 0) is 34.1 Å². The molecule has 0 aromatic rings. The van der Waals surface area contributed by atoms with Crippen molar-refractivity contribution in [2.75, 3.05) is 7.05 Å². The van der Waals surface area contributed by atoms with Gasteiger partial charge in [-0.25, -0.2) is 5.21 Å². The molecule has 0 aliphatic heterocycles. The maximum Gasteiger partial charge on any atom is 0.120 e. The summed E-state index contributed by atoms with van der Waals surface area (Å²) in [5.74, 6) is 0. The van der Waals surface area contributed by atoms with Gasteiger partial charge < -0.3 is 0 Å². The summed E-state index contributed by atoms with van der Waals surface area (Å²) in [6.45, 7) is 10.3. The first kappa shape index (κ1) is 10.9. The predicted molar refractivity (Wildman–Crippen MR) is 47.5 cm³/mol. The second-order valence-electron chi connectivity index (χ2n) is 4.45. The summed E-state index contributed by atoms with van der Waals surface area (Å²) in [5.41, 5.74) is -0.0879. The van der Waals surface area contributed by atoms with E-state index < -0.39 is 0 Å². The highest BCUT2D eigenvalue weighted by Crippen LogP contribution is 2.23. The van der Waals surface area contributed by atoms with Crippen molar-refractivity contribution in [1.29, 1.82) is 0 Å². The molecule has 0 saturated heterocycles. The SMILES string of the molecule is CCC(C)[N+](C)(O)C(C)(C)C. The fraction of sp³-hybridized carbons (Fsp3) is 1.00. The van der Waals surface area contributed by atoms with Gasteiger partial charge in [-0.1, -0.05) is 6.92 Å². The Morgan fingerprint density at radius 3 is 1.82 bits per heavy atom. The Morgan fingerprint density at radius 1 is 1.36 bits per heavy atom. The molecule has 0 amide bonds. The number of hydroxylamine groups is 3. The number of quaternary nitrogens is 1. The minimum absolute atomic E-state index is 0.0879. The summed E-state index contributed by atoms with van der Waals surface area (Å²) in [5, 5.41) is 10.1. The quantitative estimate of drug-likeness (QED) is 0.486. The van der Waals surface area contributed by atoms with Crippen molar-refractivity contribution in [3.63, 3.8) is 0 Å². The van der Waals surface area contributed by atoms with Crippen LogP contribution in [0.25, 0.3) is 0 Å². The maximum absolute atomic E-state index is 10.1. The fourth-order valence-corrected chi connectivity index (χ4v) is 1.02. The molecule has 0 aromatic carbocycles. The van der Waals surface area contributed by atoms with Gasteiger partial charge in [0.25, 0.3) is 0 Å². The molecule has 0 spiro atoms. The van der Waals surface area contributed by atoms with Gasteiger partial charge in [0.15, 0.2) is 0 Å². The monoisotopic (exact) mass is 160 g/mol. The molecule has 2 heteroatoms. The van der Waals surface area contributed by atoms with Gasteiger partial charge in [0.2, 0.25) is 0 Å². The van der Waals surface area contributed by atoms with Gasteiger partial charge >= 0.3 is 0 Å². The Kier molecular flexibility index (Phi) is 3.09. The average molecular weight is 160 g/mol. The molecule has 0 aliphatic carbocycles. The Balaban J connectivity index is 4.45. The summed E-state index contributed by atoms with van der Waals surface area (Å²) in [4.78, 5) is 0. The molecule has 1 N–H and O–H groups in total. The van der Waals surface area contributed by atoms with Crippen molar-refractivity contribution in [3.05, 3.63) is 0 Å². The lowest BCUT2D eigenvalue weighted by Crippen LogP contribution is -2.59. The molecule has 0 rings (SSSR count). The van der Waals surface area contributed by atoms with Crippen molar-refractivity contribution in [2.24, 2.45) is 0 Å². The molecule has 0 aromatic heterocycles. The Morgan fingerprint density at radius 2 is 1.73 bits per heavy atom. The van der Waals surface area contributed by atoms with Crippen LogP contribution in [-0.4, -0.2) is 28.5 Å². The van der Waals surface area contributed by atoms with Gasteiger partial charge in [-0.2, -0.15) is 4.65 Å². The van der Waals surface area contributed by atoms with Crippen LogP contribution in [0, 0.1) is 0 Å². The van der Waals surface area contributed by atoms with E-state index in [0.717, 1.165) is 6.42 Å². The first-order valence-electron chi connectivity index (χ1n) is 4.32. The zero-order valence-electron chi connectivity index (χ0n) is 8.68. The highest BCUT2D eigenvalue weighted by atomic mass is 16.5. The molecular weight excluding hydrogens is 138 g/mol. The Bertz CT molecular complexity index is 124. The molecule has 11 heavy (non-hydrogen) atoms. The van der Waals surface area contributed by atoms with E-state index in [2.05, 4.69) is 34.6 Å². The van der Waals surface area contributed by atoms with Gasteiger partial charge in [0.1, 0.15) is 11.6 Å². The molecule has 0 bridgehead atoms. The summed E-state index contributed by atoms with van der Waals surface area (Å²) in [7, 11) is 1.87. The molecule has 2 nitrogen and oxygen atoms in total. The lowest BCUT2D eigenvalue weighted by atomic mass is 10.0. The van der Waals surface area contributed by atoms with Crippen molar-refractivity contribution >= 4 is 0 Å². The molecule has 0 heterocycles. The molecule has 0 radical (unpaired) electrons. The van der Waals surface area contributed by atoms with E-state index in [1.165, 1.54) is 0 Å². The van der Waals surface area contributed by atoms with Crippen LogP contribution >= 0.6 is 0 Å². The van der Waals surface area contributed by atoms with Crippen LogP contribution in [0.3, 0.4) is 0 Å². The third-order valence-corrected chi connectivity index (χ3v) is 2.81. The van der Waals surface area contributed by atoms with Crippen LogP contribution in [0.5, 0.6) is 0 Å². The van der Waals surface area contributed by atoms with Crippen LogP contribution in [0.15, 0.2) is 0 Å². The highest BCUT2D eigenvalue weighted by Gasteiger charge is 2.39. The normalized spacial score (nSPS) is 21.0. The first-order chi connectivity index (χ1) is 4.73. The maximum atomic E-state index is 10.1. The van der Waals surface area contributed by atoms with Crippen molar-refractivity contribution in [3.8, 4) is 0 Å². The smallest absolute Gasteiger partial charge is 0.120 e. The van der Waals surface area contributed by atoms with Crippen LogP contribution in [0.1, 0.15) is 41.0 Å². The van der Waals surface area contributed by atoms with Gasteiger partial charge in [0, 0.05) is 0 Å². The number of hydrogen-bond acceptors (Lipinski definition) is 1. The van der Waals surface area contributed by atoms with Crippen LogP contribution in [0.2, 0.25) is 0 Å². The Hall–Kier alpha value is -0.0800. The lowest BCUT2D eigenvalue weighted by molar-refractivity contribution is -1.14. The highest BCUT2D eigenvalue weighted by molar-refractivity contribution is 4.61. The lowest BCUT2D eigenvalue weighted by Gasteiger charge is -2.42. The van der Waals surface area contributed by atoms with E-state index in [1.54, 1.807) is 0 Å². The molecule has 2 atom stereocenters. The minimum Gasteiger partial charge on any atom is -0.217 e. The van der Waals surface area contributed by atoms with E-state index in [-0.39, 0.29) is 10.2 Å². The first-order valence-corrected chi connectivity index (χ1v) is 4.32. The summed E-state index contributed by atoms with van der Waals surface area (Å²) in [6, 6.07) is 0.301. The average Bonchev–Trinajstić information content (AvgIpc) is 1.83. The zero-order chi connectivity index (χ0) is 9.28. The van der Waals surface area contributed by atoms with E-state index in [9.17, 15) is 5.21 Å². The van der Waals surface area contributed by atoms with Gasteiger partial charge in [-0.15, -0.1) is 0 Å². The van der Waals surface area contributed by atoms with Crippen LogP contribution in [0.4, 0.5) is 0 Å². The number of rotatable bonds is 2. The third kappa shape index (κ3) is 2.17. The van der Waals surface area contributed by atoms with E-state index in [0.29, 0.717) is 6.04 Å². The van der Waals surface area contributed by atoms with Crippen molar-refractivity contribution < 1.29 is 9.85 Å². The zero-order valence-corrected chi connectivity index (χ0v) is 8.68. The fourth-order valence-electron chi connectivity index (χ4n) is 1.02. The molecular formula is C9H22NO+. The second-order valence-corrected chi connectivity index (χ2v) is 4.45. The van der Waals surface area contributed by atoms with Crippen molar-refractivity contribution in [2.45, 2.75) is 52.6 Å². The van der Waals surface area contributed by atoms with E-state index >= 15 is 0 Å². The molecule has 0 saturated carbocycles. The molecule has 0 aliphatic rings. The van der Waals surface area contributed by atoms with E-state index in [1.807, 2.05) is 7.05 Å². The largest absolute Gasteiger partial charge is 0.217 e. The molecule has 68 valence electrons. The summed E-state index contributed by atoms with van der Waals surface area (Å²) in [6.07, 6.45) is 1.00. The van der Waals surface area contributed by atoms with Crippen LogP contribution in [-0.2, 0) is 0 Å².